The van der Waals surface area contributed by atoms with Gasteiger partial charge in [-0.3, -0.25) is 4.79 Å². The van der Waals surface area contributed by atoms with Crippen molar-refractivity contribution in [3.8, 4) is 5.75 Å². The molecule has 0 bridgehead atoms. The van der Waals surface area contributed by atoms with Crippen molar-refractivity contribution in [1.29, 1.82) is 0 Å². The maximum Gasteiger partial charge on any atom is 0.178 e. The van der Waals surface area contributed by atoms with Crippen molar-refractivity contribution in [2.24, 2.45) is 0 Å². The molecule has 1 aromatic carbocycles. The first-order chi connectivity index (χ1) is 9.28. The molecule has 0 amide bonds. The highest BCUT2D eigenvalue weighted by atomic mass is 32.1. The molecule has 2 rings (SSSR count). The highest BCUT2D eigenvalue weighted by Gasteiger charge is 1.94. The average Bonchev–Trinajstić information content (AvgIpc) is 2.96. The van der Waals surface area contributed by atoms with Crippen molar-refractivity contribution in [3.05, 3.63) is 64.4 Å². The number of carbonyl (C=O) groups is 1. The van der Waals surface area contributed by atoms with Crippen LogP contribution in [0.1, 0.15) is 11.1 Å². The minimum atomic E-state index is -0.0333. The summed E-state index contributed by atoms with van der Waals surface area (Å²) < 4.78 is 5.13. The zero-order valence-electron chi connectivity index (χ0n) is 10.6. The summed E-state index contributed by atoms with van der Waals surface area (Å²) >= 11 is 1.61. The summed E-state index contributed by atoms with van der Waals surface area (Å²) in [4.78, 5) is 11.7. The lowest BCUT2D eigenvalue weighted by molar-refractivity contribution is -0.110. The Balaban J connectivity index is 1.99. The molecule has 0 aliphatic heterocycles. The van der Waals surface area contributed by atoms with Crippen molar-refractivity contribution in [1.82, 2.24) is 0 Å². The van der Waals surface area contributed by atoms with Crippen LogP contribution in [0.25, 0.3) is 12.2 Å². The number of rotatable bonds is 5. The lowest BCUT2D eigenvalue weighted by atomic mass is 10.2. The maximum atomic E-state index is 11.7. The molecule has 19 heavy (non-hydrogen) atoms. The number of hydrogen-bond donors (Lipinski definition) is 0. The third-order valence-electron chi connectivity index (χ3n) is 2.52. The summed E-state index contributed by atoms with van der Waals surface area (Å²) in [6.07, 6.45) is 6.72. The van der Waals surface area contributed by atoms with E-state index in [9.17, 15) is 4.79 Å². The van der Waals surface area contributed by atoms with Gasteiger partial charge in [0.15, 0.2) is 5.78 Å². The van der Waals surface area contributed by atoms with Gasteiger partial charge in [0, 0.05) is 0 Å². The summed E-state index contributed by atoms with van der Waals surface area (Å²) in [7, 11) is 1.62. The van der Waals surface area contributed by atoms with Gasteiger partial charge in [0.05, 0.1) is 7.11 Å². The molecule has 0 N–H and O–H groups in total. The van der Waals surface area contributed by atoms with Gasteiger partial charge in [-0.15, -0.1) is 0 Å². The third-order valence-corrected chi connectivity index (χ3v) is 3.22. The largest absolute Gasteiger partial charge is 0.497 e. The van der Waals surface area contributed by atoms with Crippen LogP contribution in [-0.4, -0.2) is 12.9 Å². The maximum absolute atomic E-state index is 11.7. The predicted molar refractivity (Wildman–Crippen MR) is 80.4 cm³/mol. The van der Waals surface area contributed by atoms with Crippen molar-refractivity contribution in [2.45, 2.75) is 0 Å². The van der Waals surface area contributed by atoms with Crippen LogP contribution in [0.2, 0.25) is 0 Å². The van der Waals surface area contributed by atoms with Gasteiger partial charge in [-0.25, -0.2) is 0 Å². The van der Waals surface area contributed by atoms with Gasteiger partial charge in [0.25, 0.3) is 0 Å². The molecule has 0 fully saturated rings. The second-order valence-electron chi connectivity index (χ2n) is 3.90. The summed E-state index contributed by atoms with van der Waals surface area (Å²) in [6, 6.07) is 9.54. The normalized spacial score (nSPS) is 11.2. The molecular weight excluding hydrogens is 256 g/mol. The fourth-order valence-electron chi connectivity index (χ4n) is 1.53. The number of methoxy groups -OCH3 is 1. The number of thiophene rings is 1. The quantitative estimate of drug-likeness (QED) is 0.766. The molecule has 0 saturated carbocycles. The first kappa shape index (κ1) is 13.3. The van der Waals surface area contributed by atoms with Crippen LogP contribution in [-0.2, 0) is 4.79 Å². The lowest BCUT2D eigenvalue weighted by Crippen LogP contribution is -1.85. The monoisotopic (exact) mass is 270 g/mol. The highest BCUT2D eigenvalue weighted by molar-refractivity contribution is 7.08. The van der Waals surface area contributed by atoms with Gasteiger partial charge < -0.3 is 4.74 Å². The summed E-state index contributed by atoms with van der Waals surface area (Å²) in [5.74, 6) is 0.748. The number of allylic oxidation sites excluding steroid dienone is 2. The second-order valence-corrected chi connectivity index (χ2v) is 4.68. The Kier molecular flexibility index (Phi) is 4.70. The Labute approximate surface area is 116 Å². The van der Waals surface area contributed by atoms with Gasteiger partial charge in [-0.05, 0) is 52.2 Å². The Morgan fingerprint density at radius 2 is 1.95 bits per heavy atom. The van der Waals surface area contributed by atoms with E-state index in [1.807, 2.05) is 47.2 Å². The van der Waals surface area contributed by atoms with Gasteiger partial charge in [-0.2, -0.15) is 11.3 Å². The van der Waals surface area contributed by atoms with Gasteiger partial charge >= 0.3 is 0 Å². The van der Waals surface area contributed by atoms with E-state index in [2.05, 4.69) is 0 Å². The van der Waals surface area contributed by atoms with Crippen LogP contribution in [0.15, 0.2) is 53.2 Å². The molecule has 2 aromatic rings. The number of ketones is 1. The number of benzene rings is 1. The van der Waals surface area contributed by atoms with E-state index in [0.717, 1.165) is 16.9 Å². The van der Waals surface area contributed by atoms with Gasteiger partial charge in [0.1, 0.15) is 5.75 Å². The van der Waals surface area contributed by atoms with Crippen LogP contribution in [0.5, 0.6) is 5.75 Å². The fraction of sp³-hybridized carbons (Fsp3) is 0.0625. The average molecular weight is 270 g/mol. The first-order valence-electron chi connectivity index (χ1n) is 5.84. The van der Waals surface area contributed by atoms with Crippen LogP contribution >= 0.6 is 11.3 Å². The highest BCUT2D eigenvalue weighted by Crippen LogP contribution is 2.13. The summed E-state index contributed by atoms with van der Waals surface area (Å²) in [6.45, 7) is 0. The lowest BCUT2D eigenvalue weighted by Gasteiger charge is -1.99. The number of ether oxygens (including phenoxy) is 1. The van der Waals surface area contributed by atoms with Crippen molar-refractivity contribution >= 4 is 29.3 Å². The van der Waals surface area contributed by atoms with E-state index in [1.54, 1.807) is 36.7 Å². The molecular formula is C16H14O2S. The van der Waals surface area contributed by atoms with E-state index < -0.39 is 0 Å². The Bertz CT molecular complexity index is 595. The summed E-state index contributed by atoms with van der Waals surface area (Å²) in [5.41, 5.74) is 1.99. The van der Waals surface area contributed by atoms with Crippen molar-refractivity contribution < 1.29 is 9.53 Å². The zero-order chi connectivity index (χ0) is 13.5. The number of hydrogen-bond acceptors (Lipinski definition) is 3. The minimum absolute atomic E-state index is 0.0333. The van der Waals surface area contributed by atoms with E-state index in [0.29, 0.717) is 0 Å². The Morgan fingerprint density at radius 1 is 1.16 bits per heavy atom. The van der Waals surface area contributed by atoms with Gasteiger partial charge in [-0.1, -0.05) is 24.3 Å². The van der Waals surface area contributed by atoms with Crippen LogP contribution in [0.3, 0.4) is 0 Å². The minimum Gasteiger partial charge on any atom is -0.497 e. The SMILES string of the molecule is COc1cccc(C=CC(=O)C=Cc2ccsc2)c1. The summed E-state index contributed by atoms with van der Waals surface area (Å²) in [5, 5.41) is 3.98. The van der Waals surface area contributed by atoms with Gasteiger partial charge in [0.2, 0.25) is 0 Å². The molecule has 3 heteroatoms. The molecule has 0 saturated heterocycles. The molecule has 0 spiro atoms. The standard InChI is InChI=1S/C16H14O2S/c1-18-16-4-2-3-13(11-16)5-7-15(17)8-6-14-9-10-19-12-14/h2-12H,1H3. The van der Waals surface area contributed by atoms with E-state index in [4.69, 9.17) is 4.74 Å². The molecule has 2 nitrogen and oxygen atoms in total. The molecule has 1 aromatic heterocycles. The first-order valence-corrected chi connectivity index (χ1v) is 6.78. The van der Waals surface area contributed by atoms with Crippen molar-refractivity contribution in [3.63, 3.8) is 0 Å². The van der Waals surface area contributed by atoms with E-state index in [1.165, 1.54) is 0 Å². The zero-order valence-corrected chi connectivity index (χ0v) is 11.4. The second kappa shape index (κ2) is 6.71. The van der Waals surface area contributed by atoms with Crippen molar-refractivity contribution in [2.75, 3.05) is 7.11 Å². The van der Waals surface area contributed by atoms with Crippen LogP contribution in [0.4, 0.5) is 0 Å². The van der Waals surface area contributed by atoms with E-state index in [-0.39, 0.29) is 5.78 Å². The molecule has 1 heterocycles. The smallest absolute Gasteiger partial charge is 0.178 e. The Hall–Kier alpha value is -2.13. The molecule has 0 radical (unpaired) electrons. The molecule has 0 atom stereocenters. The molecule has 96 valence electrons. The van der Waals surface area contributed by atoms with E-state index >= 15 is 0 Å². The topological polar surface area (TPSA) is 26.3 Å². The van der Waals surface area contributed by atoms with Crippen LogP contribution < -0.4 is 4.74 Å². The predicted octanol–water partition coefficient (Wildman–Crippen LogP) is 4.05. The Morgan fingerprint density at radius 3 is 2.63 bits per heavy atom. The van der Waals surface area contributed by atoms with Crippen LogP contribution in [0, 0.1) is 0 Å². The molecule has 0 aliphatic carbocycles. The fourth-order valence-corrected chi connectivity index (χ4v) is 2.16. The molecule has 0 unspecified atom stereocenters. The molecule has 0 aliphatic rings. The third kappa shape index (κ3) is 4.23. The number of carbonyl (C=O) groups excluding carboxylic acids is 1.